The van der Waals surface area contributed by atoms with Crippen molar-refractivity contribution in [1.82, 2.24) is 0 Å². The van der Waals surface area contributed by atoms with Gasteiger partial charge in [-0.05, 0) is 54.5 Å². The predicted octanol–water partition coefficient (Wildman–Crippen LogP) is 6.88. The van der Waals surface area contributed by atoms with E-state index in [-0.39, 0.29) is 22.9 Å². The van der Waals surface area contributed by atoms with E-state index < -0.39 is 17.6 Å². The van der Waals surface area contributed by atoms with Crippen molar-refractivity contribution in [2.45, 2.75) is 19.7 Å². The Morgan fingerprint density at radius 2 is 1.83 bits per heavy atom. The lowest BCUT2D eigenvalue weighted by molar-refractivity contribution is -0.137. The fraction of sp³-hybridized carbons (Fsp3) is 0.154. The summed E-state index contributed by atoms with van der Waals surface area (Å²) in [5.74, 6) is -0.246. The molecule has 0 saturated carbocycles. The van der Waals surface area contributed by atoms with Crippen molar-refractivity contribution < 1.29 is 27.4 Å². The molecule has 0 unspecified atom stereocenters. The molecule has 180 valence electrons. The fourth-order valence-electron chi connectivity index (χ4n) is 3.09. The molecule has 9 heteroatoms. The molecule has 3 aromatic rings. The zero-order chi connectivity index (χ0) is 25.4. The number of hydrogen-bond acceptors (Lipinski definition) is 4. The lowest BCUT2D eigenvalue weighted by atomic mass is 10.1. The van der Waals surface area contributed by atoms with Gasteiger partial charge in [0.15, 0.2) is 11.5 Å². The summed E-state index contributed by atoms with van der Waals surface area (Å²) in [6.07, 6.45) is -3.30. The van der Waals surface area contributed by atoms with Crippen molar-refractivity contribution in [3.8, 4) is 17.6 Å². The standard InChI is InChI=1S/C26H20ClF3N2O3/c1-2-34-23-13-18(12-22(27)24(23)35-16-17-7-4-3-5-8-17)11-19(15-31)25(33)32-21-10-6-9-20(14-21)26(28,29)30/h3-14H,2,16H2,1H3,(H,32,33)/b19-11+. The summed E-state index contributed by atoms with van der Waals surface area (Å²) >= 11 is 6.41. The van der Waals surface area contributed by atoms with Crippen molar-refractivity contribution in [3.63, 3.8) is 0 Å². The first kappa shape index (κ1) is 25.7. The third-order valence-corrected chi connectivity index (χ3v) is 4.96. The highest BCUT2D eigenvalue weighted by Crippen LogP contribution is 2.38. The second-order valence-electron chi connectivity index (χ2n) is 7.24. The molecule has 0 fully saturated rings. The van der Waals surface area contributed by atoms with Gasteiger partial charge in [0.1, 0.15) is 18.2 Å². The van der Waals surface area contributed by atoms with Crippen LogP contribution in [-0.2, 0) is 17.6 Å². The van der Waals surface area contributed by atoms with Crippen molar-refractivity contribution in [1.29, 1.82) is 5.26 Å². The molecular formula is C26H20ClF3N2O3. The summed E-state index contributed by atoms with van der Waals surface area (Å²) in [6, 6.07) is 18.4. The average molecular weight is 501 g/mol. The van der Waals surface area contributed by atoms with Gasteiger partial charge in [0.05, 0.1) is 17.2 Å². The molecule has 0 aliphatic rings. The number of carbonyl (C=O) groups excluding carboxylic acids is 1. The van der Waals surface area contributed by atoms with Gasteiger partial charge < -0.3 is 14.8 Å². The van der Waals surface area contributed by atoms with Crippen molar-refractivity contribution in [2.75, 3.05) is 11.9 Å². The number of nitriles is 1. The molecule has 1 N–H and O–H groups in total. The van der Waals surface area contributed by atoms with Gasteiger partial charge in [-0.1, -0.05) is 48.0 Å². The average Bonchev–Trinajstić information content (AvgIpc) is 2.82. The number of alkyl halides is 3. The zero-order valence-electron chi connectivity index (χ0n) is 18.5. The number of halogens is 4. The minimum Gasteiger partial charge on any atom is -0.490 e. The quantitative estimate of drug-likeness (QED) is 0.270. The van der Waals surface area contributed by atoms with E-state index in [1.807, 2.05) is 30.3 Å². The van der Waals surface area contributed by atoms with Crippen LogP contribution in [0.1, 0.15) is 23.6 Å². The predicted molar refractivity (Wildman–Crippen MR) is 127 cm³/mol. The van der Waals surface area contributed by atoms with Crippen LogP contribution in [0, 0.1) is 11.3 Å². The maximum absolute atomic E-state index is 12.9. The van der Waals surface area contributed by atoms with Crippen LogP contribution in [0.5, 0.6) is 11.5 Å². The number of ether oxygens (including phenoxy) is 2. The summed E-state index contributed by atoms with van der Waals surface area (Å²) in [6.45, 7) is 2.34. The molecule has 3 aromatic carbocycles. The Hall–Kier alpha value is -3.96. The molecule has 3 rings (SSSR count). The molecule has 35 heavy (non-hydrogen) atoms. The lowest BCUT2D eigenvalue weighted by Gasteiger charge is -2.15. The molecule has 0 aromatic heterocycles. The number of rotatable bonds is 8. The largest absolute Gasteiger partial charge is 0.490 e. The number of benzene rings is 3. The molecule has 0 aliphatic carbocycles. The molecule has 1 amide bonds. The minimum absolute atomic E-state index is 0.0938. The van der Waals surface area contributed by atoms with Crippen LogP contribution >= 0.6 is 11.6 Å². The molecule has 5 nitrogen and oxygen atoms in total. The molecule has 0 heterocycles. The van der Waals surface area contributed by atoms with Crippen molar-refractivity contribution >= 4 is 29.3 Å². The van der Waals surface area contributed by atoms with Gasteiger partial charge in [-0.15, -0.1) is 0 Å². The van der Waals surface area contributed by atoms with E-state index in [2.05, 4.69) is 5.32 Å². The van der Waals surface area contributed by atoms with Gasteiger partial charge >= 0.3 is 6.18 Å². The maximum Gasteiger partial charge on any atom is 0.416 e. The highest BCUT2D eigenvalue weighted by Gasteiger charge is 2.30. The van der Waals surface area contributed by atoms with Crippen molar-refractivity contribution in [3.05, 3.63) is 94.0 Å². The van der Waals surface area contributed by atoms with Gasteiger partial charge in [0.25, 0.3) is 5.91 Å². The lowest BCUT2D eigenvalue weighted by Crippen LogP contribution is -2.14. The smallest absolute Gasteiger partial charge is 0.416 e. The number of anilines is 1. The Balaban J connectivity index is 1.84. The van der Waals surface area contributed by atoms with Gasteiger partial charge in [0, 0.05) is 5.69 Å². The highest BCUT2D eigenvalue weighted by molar-refractivity contribution is 6.32. The zero-order valence-corrected chi connectivity index (χ0v) is 19.3. The SMILES string of the molecule is CCOc1cc(/C=C(\C#N)C(=O)Nc2cccc(C(F)(F)F)c2)cc(Cl)c1OCc1ccccc1. The van der Waals surface area contributed by atoms with E-state index in [1.165, 1.54) is 18.2 Å². The first-order chi connectivity index (χ1) is 16.7. The van der Waals surface area contributed by atoms with Crippen molar-refractivity contribution in [2.24, 2.45) is 0 Å². The van der Waals surface area contributed by atoms with E-state index >= 15 is 0 Å². The summed E-state index contributed by atoms with van der Waals surface area (Å²) in [4.78, 5) is 12.6. The monoisotopic (exact) mass is 500 g/mol. The topological polar surface area (TPSA) is 71.3 Å². The molecular weight excluding hydrogens is 481 g/mol. The Morgan fingerprint density at radius 3 is 2.49 bits per heavy atom. The summed E-state index contributed by atoms with van der Waals surface area (Å²) < 4.78 is 50.3. The first-order valence-corrected chi connectivity index (χ1v) is 10.8. The third-order valence-electron chi connectivity index (χ3n) is 4.68. The van der Waals surface area contributed by atoms with Crippen LogP contribution in [0.3, 0.4) is 0 Å². The normalized spacial score (nSPS) is 11.5. The number of carbonyl (C=O) groups is 1. The van der Waals surface area contributed by atoms with E-state index in [0.717, 1.165) is 23.8 Å². The van der Waals surface area contributed by atoms with Gasteiger partial charge in [0.2, 0.25) is 0 Å². The Kier molecular flexibility index (Phi) is 8.39. The van der Waals surface area contributed by atoms with E-state index in [1.54, 1.807) is 19.1 Å². The third kappa shape index (κ3) is 7.01. The van der Waals surface area contributed by atoms with E-state index in [4.69, 9.17) is 21.1 Å². The van der Waals surface area contributed by atoms with Gasteiger partial charge in [-0.2, -0.15) is 18.4 Å². The minimum atomic E-state index is -4.56. The van der Waals surface area contributed by atoms with Crippen LogP contribution in [-0.4, -0.2) is 12.5 Å². The number of nitrogens with zero attached hydrogens (tertiary/aromatic N) is 1. The van der Waals surface area contributed by atoms with Gasteiger partial charge in [-0.3, -0.25) is 4.79 Å². The molecule has 0 bridgehead atoms. The highest BCUT2D eigenvalue weighted by atomic mass is 35.5. The van der Waals surface area contributed by atoms with Crippen LogP contribution in [0.25, 0.3) is 6.08 Å². The summed E-state index contributed by atoms with van der Waals surface area (Å²) in [7, 11) is 0. The molecule has 0 radical (unpaired) electrons. The van der Waals surface area contributed by atoms with E-state index in [9.17, 15) is 23.2 Å². The number of nitrogens with one attached hydrogen (secondary N) is 1. The van der Waals surface area contributed by atoms with E-state index in [0.29, 0.717) is 23.7 Å². The van der Waals surface area contributed by atoms with Crippen LogP contribution in [0.15, 0.2) is 72.3 Å². The van der Waals surface area contributed by atoms with Crippen LogP contribution < -0.4 is 14.8 Å². The fourth-order valence-corrected chi connectivity index (χ4v) is 3.36. The number of hydrogen-bond donors (Lipinski definition) is 1. The second kappa shape index (κ2) is 11.4. The number of amides is 1. The second-order valence-corrected chi connectivity index (χ2v) is 7.65. The van der Waals surface area contributed by atoms with Crippen LogP contribution in [0.2, 0.25) is 5.02 Å². The first-order valence-electron chi connectivity index (χ1n) is 10.4. The Bertz CT molecular complexity index is 1270. The van der Waals surface area contributed by atoms with Crippen LogP contribution in [0.4, 0.5) is 18.9 Å². The molecule has 0 aliphatic heterocycles. The Morgan fingerprint density at radius 1 is 1.09 bits per heavy atom. The summed E-state index contributed by atoms with van der Waals surface area (Å²) in [5.41, 5.74) is -0.0474. The Labute approximate surface area is 205 Å². The molecule has 0 saturated heterocycles. The summed E-state index contributed by atoms with van der Waals surface area (Å²) in [5, 5.41) is 12.0. The molecule has 0 spiro atoms. The van der Waals surface area contributed by atoms with Gasteiger partial charge in [-0.25, -0.2) is 0 Å². The maximum atomic E-state index is 12.9. The molecule has 0 atom stereocenters.